The Hall–Kier alpha value is -2.60. The van der Waals surface area contributed by atoms with Crippen molar-refractivity contribution in [3.8, 4) is 0 Å². The number of piperidine rings is 1. The number of carbonyl (C=O) groups is 1. The maximum Gasteiger partial charge on any atom is 0.242 e. The molecule has 146 valence electrons. The fourth-order valence-corrected chi connectivity index (χ4v) is 5.43. The normalized spacial score (nSPS) is 15.1. The molecular weight excluding hydrogens is 372 g/mol. The number of amides is 1. The Morgan fingerprint density at radius 1 is 0.893 bits per heavy atom. The largest absolute Gasteiger partial charge is 0.341 e. The summed E-state index contributed by atoms with van der Waals surface area (Å²) < 4.78 is 28.0. The molecule has 1 aromatic heterocycles. The Labute approximate surface area is 165 Å². The standard InChI is InChI=1S/C22H24N2O3S/c25-22(23-13-7-2-8-14-23)16-24-15-21(19-11-5-6-12-20(19)24)28(26,27)17-18-9-3-1-4-10-18/h1,3-6,9-12,15H,2,7-8,13-14,16-17H2. The number of para-hydroxylation sites is 1. The van der Waals surface area contributed by atoms with Gasteiger partial charge >= 0.3 is 0 Å². The lowest BCUT2D eigenvalue weighted by Crippen LogP contribution is -2.37. The molecule has 1 saturated heterocycles. The molecule has 5 nitrogen and oxygen atoms in total. The third-order valence-electron chi connectivity index (χ3n) is 5.30. The number of fused-ring (bicyclic) bond motifs is 1. The van der Waals surface area contributed by atoms with Gasteiger partial charge in [0.2, 0.25) is 5.91 Å². The summed E-state index contributed by atoms with van der Waals surface area (Å²) >= 11 is 0. The highest BCUT2D eigenvalue weighted by Crippen LogP contribution is 2.28. The van der Waals surface area contributed by atoms with Crippen molar-refractivity contribution in [2.75, 3.05) is 13.1 Å². The van der Waals surface area contributed by atoms with Gasteiger partial charge in [-0.2, -0.15) is 0 Å². The van der Waals surface area contributed by atoms with Crippen LogP contribution in [0.4, 0.5) is 0 Å². The van der Waals surface area contributed by atoms with Crippen LogP contribution in [0.15, 0.2) is 65.7 Å². The van der Waals surface area contributed by atoms with Crippen LogP contribution in [0.25, 0.3) is 10.9 Å². The number of nitrogens with zero attached hydrogens (tertiary/aromatic N) is 2. The van der Waals surface area contributed by atoms with Gasteiger partial charge in [-0.15, -0.1) is 0 Å². The number of benzene rings is 2. The molecule has 0 N–H and O–H groups in total. The summed E-state index contributed by atoms with van der Waals surface area (Å²) in [6.45, 7) is 1.75. The third-order valence-corrected chi connectivity index (χ3v) is 7.01. The minimum Gasteiger partial charge on any atom is -0.341 e. The van der Waals surface area contributed by atoms with E-state index in [1.54, 1.807) is 10.8 Å². The number of sulfone groups is 1. The summed E-state index contributed by atoms with van der Waals surface area (Å²) in [6, 6.07) is 16.6. The number of rotatable bonds is 5. The fraction of sp³-hybridized carbons (Fsp3) is 0.318. The van der Waals surface area contributed by atoms with Gasteiger partial charge in [-0.05, 0) is 30.9 Å². The van der Waals surface area contributed by atoms with E-state index in [0.717, 1.165) is 43.4 Å². The highest BCUT2D eigenvalue weighted by molar-refractivity contribution is 7.90. The van der Waals surface area contributed by atoms with Gasteiger partial charge in [-0.1, -0.05) is 48.5 Å². The second kappa shape index (κ2) is 7.80. The lowest BCUT2D eigenvalue weighted by atomic mass is 10.1. The monoisotopic (exact) mass is 396 g/mol. The molecule has 0 unspecified atom stereocenters. The first-order chi connectivity index (χ1) is 13.5. The van der Waals surface area contributed by atoms with Gasteiger partial charge in [0.15, 0.2) is 9.84 Å². The Kier molecular flexibility index (Phi) is 5.22. The molecule has 0 radical (unpaired) electrons. The van der Waals surface area contributed by atoms with Crippen LogP contribution in [-0.4, -0.2) is 36.9 Å². The molecule has 0 aliphatic carbocycles. The molecule has 2 aromatic carbocycles. The van der Waals surface area contributed by atoms with Gasteiger partial charge in [-0.25, -0.2) is 8.42 Å². The number of hydrogen-bond acceptors (Lipinski definition) is 3. The lowest BCUT2D eigenvalue weighted by Gasteiger charge is -2.27. The van der Waals surface area contributed by atoms with E-state index >= 15 is 0 Å². The van der Waals surface area contributed by atoms with Crippen molar-refractivity contribution in [2.24, 2.45) is 0 Å². The summed E-state index contributed by atoms with van der Waals surface area (Å²) in [7, 11) is -3.53. The molecule has 0 atom stereocenters. The van der Waals surface area contributed by atoms with E-state index in [1.165, 1.54) is 0 Å². The van der Waals surface area contributed by atoms with Crippen LogP contribution >= 0.6 is 0 Å². The fourth-order valence-electron chi connectivity index (χ4n) is 3.85. The van der Waals surface area contributed by atoms with Crippen LogP contribution in [0.5, 0.6) is 0 Å². The van der Waals surface area contributed by atoms with E-state index in [2.05, 4.69) is 0 Å². The second-order valence-electron chi connectivity index (χ2n) is 7.32. The van der Waals surface area contributed by atoms with Crippen molar-refractivity contribution in [1.29, 1.82) is 0 Å². The third kappa shape index (κ3) is 3.83. The quantitative estimate of drug-likeness (QED) is 0.662. The molecule has 1 aliphatic heterocycles. The Morgan fingerprint density at radius 2 is 1.57 bits per heavy atom. The molecular formula is C22H24N2O3S. The molecule has 0 saturated carbocycles. The minimum absolute atomic E-state index is 0.0486. The molecule has 1 fully saturated rings. The van der Waals surface area contributed by atoms with Crippen LogP contribution in [0, 0.1) is 0 Å². The molecule has 2 heterocycles. The summed E-state index contributed by atoms with van der Waals surface area (Å²) in [6.07, 6.45) is 4.87. The van der Waals surface area contributed by atoms with Gasteiger partial charge in [0, 0.05) is 30.2 Å². The zero-order valence-corrected chi connectivity index (χ0v) is 16.6. The molecule has 6 heteroatoms. The Bertz CT molecular complexity index is 1080. The van der Waals surface area contributed by atoms with Crippen molar-refractivity contribution >= 4 is 26.6 Å². The van der Waals surface area contributed by atoms with Crippen molar-refractivity contribution in [2.45, 2.75) is 36.5 Å². The average Bonchev–Trinajstić information content (AvgIpc) is 3.09. The SMILES string of the molecule is O=C(Cn1cc(S(=O)(=O)Cc2ccccc2)c2ccccc21)N1CCCCC1. The zero-order valence-electron chi connectivity index (χ0n) is 15.8. The maximum absolute atomic E-state index is 13.1. The van der Waals surface area contributed by atoms with Crippen LogP contribution in [0.2, 0.25) is 0 Å². The molecule has 3 aromatic rings. The lowest BCUT2D eigenvalue weighted by molar-refractivity contribution is -0.132. The van der Waals surface area contributed by atoms with Crippen LogP contribution in [0.1, 0.15) is 24.8 Å². The summed E-state index contributed by atoms with van der Waals surface area (Å²) in [5.41, 5.74) is 1.53. The number of likely N-dealkylation sites (tertiary alicyclic amines) is 1. The van der Waals surface area contributed by atoms with E-state index < -0.39 is 9.84 Å². The molecule has 4 rings (SSSR count). The van der Waals surface area contributed by atoms with Gasteiger partial charge in [0.05, 0.1) is 10.6 Å². The Morgan fingerprint density at radius 3 is 2.32 bits per heavy atom. The average molecular weight is 397 g/mol. The first kappa shape index (κ1) is 18.7. The van der Waals surface area contributed by atoms with Gasteiger partial charge < -0.3 is 9.47 Å². The number of hydrogen-bond donors (Lipinski definition) is 0. The van der Waals surface area contributed by atoms with Crippen LogP contribution < -0.4 is 0 Å². The van der Waals surface area contributed by atoms with Gasteiger partial charge in [-0.3, -0.25) is 4.79 Å². The summed E-state index contributed by atoms with van der Waals surface area (Å²) in [5.74, 6) is -0.00508. The summed E-state index contributed by atoms with van der Waals surface area (Å²) in [5, 5.41) is 0.671. The van der Waals surface area contributed by atoms with Gasteiger partial charge in [0.1, 0.15) is 6.54 Å². The zero-order chi connectivity index (χ0) is 19.6. The van der Waals surface area contributed by atoms with Crippen molar-refractivity contribution in [3.05, 3.63) is 66.4 Å². The van der Waals surface area contributed by atoms with Crippen LogP contribution in [-0.2, 0) is 26.9 Å². The van der Waals surface area contributed by atoms with Crippen molar-refractivity contribution in [3.63, 3.8) is 0 Å². The van der Waals surface area contributed by atoms with Crippen molar-refractivity contribution < 1.29 is 13.2 Å². The molecule has 0 bridgehead atoms. The van der Waals surface area contributed by atoms with E-state index in [9.17, 15) is 13.2 Å². The molecule has 1 aliphatic rings. The summed E-state index contributed by atoms with van der Waals surface area (Å²) in [4.78, 5) is 14.9. The molecule has 28 heavy (non-hydrogen) atoms. The van der Waals surface area contributed by atoms with E-state index in [1.807, 2.05) is 59.5 Å². The smallest absolute Gasteiger partial charge is 0.242 e. The van der Waals surface area contributed by atoms with Crippen LogP contribution in [0.3, 0.4) is 0 Å². The second-order valence-corrected chi connectivity index (χ2v) is 9.28. The highest BCUT2D eigenvalue weighted by atomic mass is 32.2. The topological polar surface area (TPSA) is 59.4 Å². The minimum atomic E-state index is -3.53. The van der Waals surface area contributed by atoms with Crippen molar-refractivity contribution in [1.82, 2.24) is 9.47 Å². The molecule has 0 spiro atoms. The van der Waals surface area contributed by atoms with E-state index in [-0.39, 0.29) is 18.2 Å². The number of carbonyl (C=O) groups excluding carboxylic acids is 1. The number of aromatic nitrogens is 1. The predicted molar refractivity (Wildman–Crippen MR) is 110 cm³/mol. The van der Waals surface area contributed by atoms with Gasteiger partial charge in [0.25, 0.3) is 0 Å². The van der Waals surface area contributed by atoms with E-state index in [0.29, 0.717) is 10.3 Å². The predicted octanol–water partition coefficient (Wildman–Crippen LogP) is 3.63. The molecule has 1 amide bonds. The first-order valence-electron chi connectivity index (χ1n) is 9.67. The first-order valence-corrected chi connectivity index (χ1v) is 11.3. The highest BCUT2D eigenvalue weighted by Gasteiger charge is 2.23. The maximum atomic E-state index is 13.1. The Balaban J connectivity index is 1.67. The van der Waals surface area contributed by atoms with E-state index in [4.69, 9.17) is 0 Å².